The average Bonchev–Trinajstić information content (AvgIpc) is 3.41. The van der Waals surface area contributed by atoms with Gasteiger partial charge in [0.25, 0.3) is 12.3 Å². The Kier molecular flexibility index (Phi) is 4.22. The van der Waals surface area contributed by atoms with Gasteiger partial charge in [-0.15, -0.1) is 0 Å². The van der Waals surface area contributed by atoms with Crippen molar-refractivity contribution in [3.05, 3.63) is 42.0 Å². The summed E-state index contributed by atoms with van der Waals surface area (Å²) in [6, 6.07) is 3.15. The Morgan fingerprint density at radius 3 is 2.73 bits per heavy atom. The first-order valence-electron chi connectivity index (χ1n) is 8.69. The first-order chi connectivity index (χ1) is 12.5. The molecule has 2 fully saturated rings. The van der Waals surface area contributed by atoms with Gasteiger partial charge in [-0.2, -0.15) is 5.10 Å². The Morgan fingerprint density at radius 1 is 1.35 bits per heavy atom. The molecule has 6 nitrogen and oxygen atoms in total. The third kappa shape index (κ3) is 2.98. The van der Waals surface area contributed by atoms with Crippen LogP contribution in [0.4, 0.5) is 8.78 Å². The number of hydrogen-bond acceptors (Lipinski definition) is 4. The number of ether oxygens (including phenoxy) is 1. The standard InChI is InChI=1S/C18H20F2N4O2/c1-18(12-2-3-12)11-23(8-9-26-18)17(25)14-10-22-24(15(14)16(19)20)13-4-6-21-7-5-13/h4-7,10,12,16H,2-3,8-9,11H2,1H3. The van der Waals surface area contributed by atoms with Crippen LogP contribution in [0.1, 0.15) is 42.2 Å². The van der Waals surface area contributed by atoms with Gasteiger partial charge in [-0.1, -0.05) is 0 Å². The fourth-order valence-corrected chi connectivity index (χ4v) is 3.60. The van der Waals surface area contributed by atoms with Crippen LogP contribution in [0.25, 0.3) is 5.69 Å². The number of halogens is 2. The average molecular weight is 362 g/mol. The topological polar surface area (TPSA) is 60.2 Å². The van der Waals surface area contributed by atoms with E-state index in [1.807, 2.05) is 6.92 Å². The summed E-state index contributed by atoms with van der Waals surface area (Å²) in [6.45, 7) is 3.23. The lowest BCUT2D eigenvalue weighted by Crippen LogP contribution is -2.53. The van der Waals surface area contributed by atoms with E-state index in [1.54, 1.807) is 17.0 Å². The first kappa shape index (κ1) is 17.1. The predicted octanol–water partition coefficient (Wildman–Crippen LogP) is 2.85. The molecule has 0 bridgehead atoms. The van der Waals surface area contributed by atoms with Crippen LogP contribution in [-0.2, 0) is 4.74 Å². The van der Waals surface area contributed by atoms with E-state index in [0.29, 0.717) is 31.3 Å². The number of aromatic nitrogens is 3. The summed E-state index contributed by atoms with van der Waals surface area (Å²) in [5, 5.41) is 4.04. The molecule has 0 radical (unpaired) electrons. The number of hydrogen-bond donors (Lipinski definition) is 0. The number of carbonyl (C=O) groups excluding carboxylic acids is 1. The summed E-state index contributed by atoms with van der Waals surface area (Å²) < 4.78 is 34.5. The molecule has 2 aromatic rings. The highest BCUT2D eigenvalue weighted by molar-refractivity contribution is 5.95. The summed E-state index contributed by atoms with van der Waals surface area (Å²) >= 11 is 0. The molecule has 0 spiro atoms. The highest BCUT2D eigenvalue weighted by atomic mass is 19.3. The van der Waals surface area contributed by atoms with Crippen molar-refractivity contribution in [3.8, 4) is 5.69 Å². The van der Waals surface area contributed by atoms with Crippen LogP contribution in [0, 0.1) is 5.92 Å². The fraction of sp³-hybridized carbons (Fsp3) is 0.500. The van der Waals surface area contributed by atoms with Gasteiger partial charge in [0.05, 0.1) is 36.2 Å². The molecule has 26 heavy (non-hydrogen) atoms. The zero-order chi connectivity index (χ0) is 18.3. The maximum absolute atomic E-state index is 13.8. The van der Waals surface area contributed by atoms with Gasteiger partial charge in [-0.25, -0.2) is 13.5 Å². The number of nitrogens with zero attached hydrogens (tertiary/aromatic N) is 4. The van der Waals surface area contributed by atoms with Crippen molar-refractivity contribution in [1.82, 2.24) is 19.7 Å². The van der Waals surface area contributed by atoms with Crippen LogP contribution in [0.5, 0.6) is 0 Å². The maximum atomic E-state index is 13.8. The molecule has 138 valence electrons. The molecule has 1 aliphatic heterocycles. The van der Waals surface area contributed by atoms with Gasteiger partial charge in [0, 0.05) is 18.9 Å². The van der Waals surface area contributed by atoms with Crippen molar-refractivity contribution in [2.45, 2.75) is 31.8 Å². The largest absolute Gasteiger partial charge is 0.371 e. The number of amides is 1. The van der Waals surface area contributed by atoms with Crippen LogP contribution in [0.15, 0.2) is 30.7 Å². The molecule has 3 heterocycles. The Morgan fingerprint density at radius 2 is 2.08 bits per heavy atom. The number of morpholine rings is 1. The SMILES string of the molecule is CC1(C2CC2)CN(C(=O)c2cnn(-c3ccncc3)c2C(F)F)CCO1. The second-order valence-corrected chi connectivity index (χ2v) is 7.02. The van der Waals surface area contributed by atoms with E-state index in [2.05, 4.69) is 10.1 Å². The third-order valence-electron chi connectivity index (χ3n) is 5.18. The van der Waals surface area contributed by atoms with Crippen LogP contribution in [0.3, 0.4) is 0 Å². The van der Waals surface area contributed by atoms with Crippen molar-refractivity contribution in [2.75, 3.05) is 19.7 Å². The van der Waals surface area contributed by atoms with Crippen molar-refractivity contribution >= 4 is 5.91 Å². The van der Waals surface area contributed by atoms with Gasteiger partial charge in [0.1, 0.15) is 5.69 Å². The summed E-state index contributed by atoms with van der Waals surface area (Å²) in [5.74, 6) is 0.0167. The second-order valence-electron chi connectivity index (χ2n) is 7.02. The van der Waals surface area contributed by atoms with E-state index in [9.17, 15) is 13.6 Å². The van der Waals surface area contributed by atoms with Gasteiger partial charge < -0.3 is 9.64 Å². The minimum Gasteiger partial charge on any atom is -0.371 e. The molecule has 4 rings (SSSR count). The summed E-state index contributed by atoms with van der Waals surface area (Å²) in [7, 11) is 0. The van der Waals surface area contributed by atoms with Gasteiger partial charge in [-0.3, -0.25) is 9.78 Å². The van der Waals surface area contributed by atoms with E-state index in [1.165, 1.54) is 18.6 Å². The molecule has 0 aromatic carbocycles. The summed E-state index contributed by atoms with van der Waals surface area (Å²) in [5.41, 5.74) is -0.392. The number of carbonyl (C=O) groups is 1. The lowest BCUT2D eigenvalue weighted by molar-refractivity contribution is -0.101. The molecule has 1 aliphatic carbocycles. The van der Waals surface area contributed by atoms with E-state index >= 15 is 0 Å². The molecular formula is C18H20F2N4O2. The molecule has 2 aliphatic rings. The fourth-order valence-electron chi connectivity index (χ4n) is 3.60. The van der Waals surface area contributed by atoms with Crippen molar-refractivity contribution < 1.29 is 18.3 Å². The highest BCUT2D eigenvalue weighted by Gasteiger charge is 2.46. The van der Waals surface area contributed by atoms with Gasteiger partial charge in [0.2, 0.25) is 0 Å². The van der Waals surface area contributed by atoms with E-state index in [4.69, 9.17) is 4.74 Å². The van der Waals surface area contributed by atoms with Crippen LogP contribution < -0.4 is 0 Å². The monoisotopic (exact) mass is 362 g/mol. The quantitative estimate of drug-likeness (QED) is 0.839. The second kappa shape index (κ2) is 6.42. The third-order valence-corrected chi connectivity index (χ3v) is 5.18. The molecule has 1 unspecified atom stereocenters. The lowest BCUT2D eigenvalue weighted by atomic mass is 9.97. The molecular weight excluding hydrogens is 342 g/mol. The molecule has 1 atom stereocenters. The summed E-state index contributed by atoms with van der Waals surface area (Å²) in [6.07, 6.45) is 3.57. The zero-order valence-corrected chi connectivity index (χ0v) is 14.4. The number of rotatable bonds is 4. The molecule has 1 saturated heterocycles. The molecule has 0 N–H and O–H groups in total. The maximum Gasteiger partial charge on any atom is 0.281 e. The molecule has 1 saturated carbocycles. The normalized spacial score (nSPS) is 23.5. The molecule has 8 heteroatoms. The van der Waals surface area contributed by atoms with Crippen LogP contribution >= 0.6 is 0 Å². The smallest absolute Gasteiger partial charge is 0.281 e. The molecule has 2 aromatic heterocycles. The van der Waals surface area contributed by atoms with Gasteiger partial charge in [0.15, 0.2) is 0 Å². The van der Waals surface area contributed by atoms with E-state index < -0.39 is 12.3 Å². The Bertz CT molecular complexity index is 807. The van der Waals surface area contributed by atoms with Crippen molar-refractivity contribution in [2.24, 2.45) is 5.92 Å². The highest BCUT2D eigenvalue weighted by Crippen LogP contribution is 2.43. The van der Waals surface area contributed by atoms with Crippen LogP contribution in [-0.4, -0.2) is 50.9 Å². The van der Waals surface area contributed by atoms with Gasteiger partial charge in [-0.05, 0) is 37.8 Å². The Labute approximate surface area is 149 Å². The predicted molar refractivity (Wildman–Crippen MR) is 89.3 cm³/mol. The zero-order valence-electron chi connectivity index (χ0n) is 14.4. The molecule has 1 amide bonds. The van der Waals surface area contributed by atoms with Crippen molar-refractivity contribution in [1.29, 1.82) is 0 Å². The summed E-state index contributed by atoms with van der Waals surface area (Å²) in [4.78, 5) is 18.5. The minimum atomic E-state index is -2.82. The lowest BCUT2D eigenvalue weighted by Gasteiger charge is -2.40. The van der Waals surface area contributed by atoms with E-state index in [-0.39, 0.29) is 16.9 Å². The Hall–Kier alpha value is -2.35. The van der Waals surface area contributed by atoms with Gasteiger partial charge >= 0.3 is 0 Å². The van der Waals surface area contributed by atoms with E-state index in [0.717, 1.165) is 17.5 Å². The minimum absolute atomic E-state index is 0.0585. The number of pyridine rings is 1. The van der Waals surface area contributed by atoms with Crippen molar-refractivity contribution in [3.63, 3.8) is 0 Å². The van der Waals surface area contributed by atoms with Crippen LogP contribution in [0.2, 0.25) is 0 Å². The number of alkyl halides is 2. The first-order valence-corrected chi connectivity index (χ1v) is 8.69. The Balaban J connectivity index is 1.65.